The largest absolute Gasteiger partial charge is 0.314 e. The zero-order valence-corrected chi connectivity index (χ0v) is 13.2. The third kappa shape index (κ3) is 3.29. The molecule has 2 aliphatic heterocycles. The standard InChI is InChI=1S/C18H27FN2/c1-3-20-16-11-17-8-9-18(12-16)21(17)13(2)10-14-4-6-15(19)7-5-14/h4-7,13,16-18,20H,3,8-12H2,1-2H3. The number of rotatable bonds is 5. The van der Waals surface area contributed by atoms with Gasteiger partial charge in [-0.2, -0.15) is 0 Å². The Bertz CT molecular complexity index is 445. The third-order valence-corrected chi connectivity index (χ3v) is 5.24. The summed E-state index contributed by atoms with van der Waals surface area (Å²) in [7, 11) is 0. The van der Waals surface area contributed by atoms with E-state index in [0.29, 0.717) is 12.1 Å². The van der Waals surface area contributed by atoms with Crippen LogP contribution in [0.2, 0.25) is 0 Å². The summed E-state index contributed by atoms with van der Waals surface area (Å²) in [6, 6.07) is 9.75. The minimum atomic E-state index is -0.141. The van der Waals surface area contributed by atoms with Crippen molar-refractivity contribution in [2.45, 2.75) is 70.1 Å². The van der Waals surface area contributed by atoms with E-state index >= 15 is 0 Å². The summed E-state index contributed by atoms with van der Waals surface area (Å²) in [6.45, 7) is 5.61. The zero-order valence-electron chi connectivity index (χ0n) is 13.2. The van der Waals surface area contributed by atoms with Crippen LogP contribution in [0.15, 0.2) is 24.3 Å². The Hall–Kier alpha value is -0.930. The van der Waals surface area contributed by atoms with E-state index in [2.05, 4.69) is 24.1 Å². The van der Waals surface area contributed by atoms with Crippen molar-refractivity contribution >= 4 is 0 Å². The Morgan fingerprint density at radius 2 is 1.81 bits per heavy atom. The van der Waals surface area contributed by atoms with Gasteiger partial charge in [-0.25, -0.2) is 4.39 Å². The maximum absolute atomic E-state index is 13.0. The summed E-state index contributed by atoms with van der Waals surface area (Å²) in [5.74, 6) is -0.141. The van der Waals surface area contributed by atoms with Gasteiger partial charge < -0.3 is 5.32 Å². The fraction of sp³-hybridized carbons (Fsp3) is 0.667. The first kappa shape index (κ1) is 15.0. The summed E-state index contributed by atoms with van der Waals surface area (Å²) in [6.07, 6.45) is 6.30. The first-order valence-electron chi connectivity index (χ1n) is 8.42. The molecule has 21 heavy (non-hydrogen) atoms. The van der Waals surface area contributed by atoms with E-state index < -0.39 is 0 Å². The van der Waals surface area contributed by atoms with E-state index in [9.17, 15) is 4.39 Å². The van der Waals surface area contributed by atoms with Gasteiger partial charge in [-0.15, -0.1) is 0 Å². The predicted octanol–water partition coefficient (Wildman–Crippen LogP) is 3.36. The van der Waals surface area contributed by atoms with Crippen LogP contribution in [0.25, 0.3) is 0 Å². The van der Waals surface area contributed by atoms with Gasteiger partial charge in [-0.05, 0) is 63.3 Å². The molecule has 2 bridgehead atoms. The monoisotopic (exact) mass is 290 g/mol. The summed E-state index contributed by atoms with van der Waals surface area (Å²) in [4.78, 5) is 2.75. The molecule has 1 aromatic carbocycles. The molecule has 3 rings (SSSR count). The molecule has 116 valence electrons. The Labute approximate surface area is 127 Å². The predicted molar refractivity (Wildman–Crippen MR) is 84.9 cm³/mol. The van der Waals surface area contributed by atoms with Crippen LogP contribution >= 0.6 is 0 Å². The van der Waals surface area contributed by atoms with E-state index in [-0.39, 0.29) is 5.82 Å². The van der Waals surface area contributed by atoms with Gasteiger partial charge in [0.25, 0.3) is 0 Å². The number of halogens is 1. The Kier molecular flexibility index (Phi) is 4.60. The maximum atomic E-state index is 13.0. The zero-order chi connectivity index (χ0) is 14.8. The van der Waals surface area contributed by atoms with E-state index in [4.69, 9.17) is 0 Å². The van der Waals surface area contributed by atoms with Crippen molar-refractivity contribution in [1.29, 1.82) is 0 Å². The molecule has 3 atom stereocenters. The quantitative estimate of drug-likeness (QED) is 0.894. The Morgan fingerprint density at radius 1 is 1.19 bits per heavy atom. The molecule has 0 spiro atoms. The van der Waals surface area contributed by atoms with Crippen molar-refractivity contribution in [2.75, 3.05) is 6.54 Å². The minimum absolute atomic E-state index is 0.141. The number of piperidine rings is 1. The highest BCUT2D eigenvalue weighted by atomic mass is 19.1. The second-order valence-corrected chi connectivity index (χ2v) is 6.74. The fourth-order valence-electron chi connectivity index (χ4n) is 4.46. The molecule has 0 aromatic heterocycles. The average Bonchev–Trinajstić information content (AvgIpc) is 2.73. The van der Waals surface area contributed by atoms with Gasteiger partial charge in [-0.3, -0.25) is 4.90 Å². The molecule has 2 nitrogen and oxygen atoms in total. The lowest BCUT2D eigenvalue weighted by atomic mass is 9.94. The summed E-state index contributed by atoms with van der Waals surface area (Å²) >= 11 is 0. The Balaban J connectivity index is 1.63. The molecule has 0 saturated carbocycles. The van der Waals surface area contributed by atoms with Crippen molar-refractivity contribution in [2.24, 2.45) is 0 Å². The lowest BCUT2D eigenvalue weighted by molar-refractivity contribution is 0.0778. The average molecular weight is 290 g/mol. The van der Waals surface area contributed by atoms with Crippen molar-refractivity contribution in [3.63, 3.8) is 0 Å². The number of nitrogens with one attached hydrogen (secondary N) is 1. The van der Waals surface area contributed by atoms with Crippen LogP contribution in [0.3, 0.4) is 0 Å². The van der Waals surface area contributed by atoms with Crippen LogP contribution in [0, 0.1) is 5.82 Å². The summed E-state index contributed by atoms with van der Waals surface area (Å²) in [5.41, 5.74) is 1.25. The van der Waals surface area contributed by atoms with Crippen molar-refractivity contribution < 1.29 is 4.39 Å². The highest BCUT2D eigenvalue weighted by Gasteiger charge is 2.42. The van der Waals surface area contributed by atoms with Gasteiger partial charge in [0.2, 0.25) is 0 Å². The molecule has 3 heteroatoms. The van der Waals surface area contributed by atoms with Crippen LogP contribution in [-0.2, 0) is 6.42 Å². The van der Waals surface area contributed by atoms with Gasteiger partial charge in [0.05, 0.1) is 0 Å². The van der Waals surface area contributed by atoms with E-state index in [1.165, 1.54) is 31.2 Å². The van der Waals surface area contributed by atoms with Crippen LogP contribution in [0.1, 0.15) is 45.1 Å². The summed E-state index contributed by atoms with van der Waals surface area (Å²) in [5, 5.41) is 3.63. The molecule has 0 amide bonds. The van der Waals surface area contributed by atoms with E-state index in [0.717, 1.165) is 25.0 Å². The van der Waals surface area contributed by atoms with Gasteiger partial charge >= 0.3 is 0 Å². The molecule has 1 aromatic rings. The molecular weight excluding hydrogens is 263 g/mol. The van der Waals surface area contributed by atoms with Gasteiger partial charge in [-0.1, -0.05) is 19.1 Å². The van der Waals surface area contributed by atoms with Crippen molar-refractivity contribution in [1.82, 2.24) is 10.2 Å². The minimum Gasteiger partial charge on any atom is -0.314 e. The molecule has 1 N–H and O–H groups in total. The highest BCUT2D eigenvalue weighted by molar-refractivity contribution is 5.17. The van der Waals surface area contributed by atoms with Crippen LogP contribution in [0.4, 0.5) is 4.39 Å². The Morgan fingerprint density at radius 3 is 2.38 bits per heavy atom. The lowest BCUT2D eigenvalue weighted by Crippen LogP contribution is -2.52. The molecule has 0 radical (unpaired) electrons. The number of fused-ring (bicyclic) bond motifs is 2. The highest BCUT2D eigenvalue weighted by Crippen LogP contribution is 2.37. The van der Waals surface area contributed by atoms with E-state index in [1.807, 2.05) is 12.1 Å². The van der Waals surface area contributed by atoms with Gasteiger partial charge in [0.1, 0.15) is 5.82 Å². The van der Waals surface area contributed by atoms with Gasteiger partial charge in [0, 0.05) is 24.2 Å². The second-order valence-electron chi connectivity index (χ2n) is 6.74. The molecule has 2 fully saturated rings. The van der Waals surface area contributed by atoms with Crippen LogP contribution in [-0.4, -0.2) is 35.6 Å². The number of nitrogens with zero attached hydrogens (tertiary/aromatic N) is 1. The first-order valence-corrected chi connectivity index (χ1v) is 8.42. The second kappa shape index (κ2) is 6.45. The van der Waals surface area contributed by atoms with E-state index in [1.54, 1.807) is 12.1 Å². The maximum Gasteiger partial charge on any atom is 0.123 e. The number of benzene rings is 1. The van der Waals surface area contributed by atoms with Crippen molar-refractivity contribution in [3.8, 4) is 0 Å². The molecule has 3 unspecified atom stereocenters. The van der Waals surface area contributed by atoms with Crippen LogP contribution < -0.4 is 5.32 Å². The molecule has 2 saturated heterocycles. The third-order valence-electron chi connectivity index (χ3n) is 5.24. The number of hydrogen-bond acceptors (Lipinski definition) is 2. The molecule has 2 aliphatic rings. The fourth-order valence-corrected chi connectivity index (χ4v) is 4.46. The topological polar surface area (TPSA) is 15.3 Å². The first-order chi connectivity index (χ1) is 10.2. The smallest absolute Gasteiger partial charge is 0.123 e. The molecule has 2 heterocycles. The normalized spacial score (nSPS) is 30.5. The molecule has 0 aliphatic carbocycles. The number of hydrogen-bond donors (Lipinski definition) is 1. The van der Waals surface area contributed by atoms with Crippen LogP contribution in [0.5, 0.6) is 0 Å². The lowest BCUT2D eigenvalue weighted by Gasteiger charge is -2.43. The molecular formula is C18H27FN2. The van der Waals surface area contributed by atoms with Gasteiger partial charge in [0.15, 0.2) is 0 Å². The van der Waals surface area contributed by atoms with Crippen molar-refractivity contribution in [3.05, 3.63) is 35.6 Å². The SMILES string of the molecule is CCNC1CC2CCC(C1)N2C(C)Cc1ccc(F)cc1. The summed E-state index contributed by atoms with van der Waals surface area (Å²) < 4.78 is 13.0.